The van der Waals surface area contributed by atoms with Crippen molar-refractivity contribution in [3.05, 3.63) is 89.2 Å². The van der Waals surface area contributed by atoms with Gasteiger partial charge in [0.1, 0.15) is 11.6 Å². The minimum Gasteiger partial charge on any atom is -0.497 e. The Balaban J connectivity index is 1.52. The maximum absolute atomic E-state index is 13.8. The van der Waals surface area contributed by atoms with Crippen molar-refractivity contribution < 1.29 is 13.9 Å². The lowest BCUT2D eigenvalue weighted by molar-refractivity contribution is -0.118. The van der Waals surface area contributed by atoms with E-state index in [1.165, 1.54) is 30.1 Å². The van der Waals surface area contributed by atoms with E-state index in [1.807, 2.05) is 59.2 Å². The summed E-state index contributed by atoms with van der Waals surface area (Å²) in [6.07, 6.45) is 1.17. The van der Waals surface area contributed by atoms with Crippen LogP contribution in [0.1, 0.15) is 5.56 Å². The van der Waals surface area contributed by atoms with E-state index in [4.69, 9.17) is 16.3 Å². The van der Waals surface area contributed by atoms with Crippen LogP contribution in [0.5, 0.6) is 5.75 Å². The highest BCUT2D eigenvalue weighted by Crippen LogP contribution is 2.28. The topological polar surface area (TPSA) is 81.4 Å². The Hall–Kier alpha value is -3.69. The standard InChI is InChI=1S/C24H19ClFN5O2S/c1-33-18-12-10-17(11-13-18)31-23(16-6-3-2-4-7-16)29-30-24(31)34-15-22(32)28-27-14-19-20(25)8-5-9-21(19)26/h2-14H,15H2,1H3,(H,28,32)/b27-14+. The molecule has 1 aromatic heterocycles. The molecular formula is C24H19ClFN5O2S. The van der Waals surface area contributed by atoms with Crippen molar-refractivity contribution in [2.24, 2.45) is 5.10 Å². The van der Waals surface area contributed by atoms with Crippen molar-refractivity contribution in [2.45, 2.75) is 5.16 Å². The number of amides is 1. The van der Waals surface area contributed by atoms with Gasteiger partial charge in [-0.15, -0.1) is 10.2 Å². The number of benzene rings is 3. The van der Waals surface area contributed by atoms with E-state index in [0.29, 0.717) is 11.0 Å². The van der Waals surface area contributed by atoms with Gasteiger partial charge in [0.05, 0.1) is 24.1 Å². The summed E-state index contributed by atoms with van der Waals surface area (Å²) in [6.45, 7) is 0. The van der Waals surface area contributed by atoms with E-state index < -0.39 is 5.82 Å². The van der Waals surface area contributed by atoms with Gasteiger partial charge in [0.15, 0.2) is 11.0 Å². The van der Waals surface area contributed by atoms with Gasteiger partial charge in [-0.2, -0.15) is 5.10 Å². The van der Waals surface area contributed by atoms with Gasteiger partial charge in [-0.3, -0.25) is 9.36 Å². The zero-order chi connectivity index (χ0) is 23.9. The molecule has 4 rings (SSSR count). The number of carbonyl (C=O) groups excluding carboxylic acids is 1. The number of ether oxygens (including phenoxy) is 1. The fourth-order valence-electron chi connectivity index (χ4n) is 3.07. The molecule has 3 aromatic carbocycles. The van der Waals surface area contributed by atoms with Crippen LogP contribution in [0.3, 0.4) is 0 Å². The van der Waals surface area contributed by atoms with Crippen molar-refractivity contribution >= 4 is 35.5 Å². The molecule has 1 heterocycles. The van der Waals surface area contributed by atoms with E-state index >= 15 is 0 Å². The second-order valence-corrected chi connectivity index (χ2v) is 8.27. The Bertz CT molecular complexity index is 1290. The molecule has 0 unspecified atom stereocenters. The summed E-state index contributed by atoms with van der Waals surface area (Å²) in [6, 6.07) is 21.4. The summed E-state index contributed by atoms with van der Waals surface area (Å²) in [5.41, 5.74) is 4.18. The van der Waals surface area contributed by atoms with Crippen molar-refractivity contribution in [1.82, 2.24) is 20.2 Å². The number of hydrogen-bond donors (Lipinski definition) is 1. The quantitative estimate of drug-likeness (QED) is 0.212. The third kappa shape index (κ3) is 5.44. The van der Waals surface area contributed by atoms with E-state index in [1.54, 1.807) is 13.2 Å². The number of hydrazone groups is 1. The molecule has 0 aliphatic carbocycles. The van der Waals surface area contributed by atoms with Gasteiger partial charge in [-0.1, -0.05) is 59.8 Å². The van der Waals surface area contributed by atoms with Gasteiger partial charge in [-0.05, 0) is 36.4 Å². The van der Waals surface area contributed by atoms with E-state index in [2.05, 4.69) is 20.7 Å². The molecule has 10 heteroatoms. The number of carbonyl (C=O) groups is 1. The van der Waals surface area contributed by atoms with Gasteiger partial charge in [0, 0.05) is 16.8 Å². The molecular weight excluding hydrogens is 477 g/mol. The highest BCUT2D eigenvalue weighted by molar-refractivity contribution is 7.99. The molecule has 4 aromatic rings. The maximum atomic E-state index is 13.8. The van der Waals surface area contributed by atoms with Crippen LogP contribution in [-0.2, 0) is 4.79 Å². The lowest BCUT2D eigenvalue weighted by Crippen LogP contribution is -2.20. The molecule has 0 fully saturated rings. The Labute approximate surface area is 204 Å². The van der Waals surface area contributed by atoms with Crippen molar-refractivity contribution in [1.29, 1.82) is 0 Å². The van der Waals surface area contributed by atoms with E-state index in [0.717, 1.165) is 17.0 Å². The molecule has 172 valence electrons. The van der Waals surface area contributed by atoms with Gasteiger partial charge in [0.25, 0.3) is 5.91 Å². The fourth-order valence-corrected chi connectivity index (χ4v) is 4.02. The lowest BCUT2D eigenvalue weighted by atomic mass is 10.2. The Morgan fingerprint density at radius 2 is 1.88 bits per heavy atom. The molecule has 0 atom stereocenters. The number of aromatic nitrogens is 3. The SMILES string of the molecule is COc1ccc(-n2c(SCC(=O)N/N=C/c3c(F)cccc3Cl)nnc2-c2ccccc2)cc1. The first kappa shape index (κ1) is 23.5. The van der Waals surface area contributed by atoms with Crippen LogP contribution in [0, 0.1) is 5.82 Å². The van der Waals surface area contributed by atoms with Crippen LogP contribution in [-0.4, -0.2) is 39.7 Å². The summed E-state index contributed by atoms with van der Waals surface area (Å²) in [5, 5.41) is 13.2. The molecule has 0 aliphatic rings. The lowest BCUT2D eigenvalue weighted by Gasteiger charge is -2.11. The van der Waals surface area contributed by atoms with Crippen molar-refractivity contribution in [2.75, 3.05) is 12.9 Å². The van der Waals surface area contributed by atoms with Crippen LogP contribution >= 0.6 is 23.4 Å². The fraction of sp³-hybridized carbons (Fsp3) is 0.0833. The third-order valence-corrected chi connectivity index (χ3v) is 5.97. The minimum atomic E-state index is -0.527. The number of methoxy groups -OCH3 is 1. The molecule has 1 amide bonds. The first-order valence-corrected chi connectivity index (χ1v) is 11.5. The summed E-state index contributed by atoms with van der Waals surface area (Å²) in [7, 11) is 1.60. The number of rotatable bonds is 8. The molecule has 34 heavy (non-hydrogen) atoms. The van der Waals surface area contributed by atoms with Gasteiger partial charge in [0.2, 0.25) is 0 Å². The number of nitrogens with one attached hydrogen (secondary N) is 1. The zero-order valence-electron chi connectivity index (χ0n) is 18.0. The molecule has 0 saturated carbocycles. The van der Waals surface area contributed by atoms with Crippen molar-refractivity contribution in [3.8, 4) is 22.8 Å². The number of thioether (sulfide) groups is 1. The number of halogens is 2. The average molecular weight is 496 g/mol. The van der Waals surface area contributed by atoms with Crippen LogP contribution in [0.4, 0.5) is 4.39 Å². The predicted octanol–water partition coefficient (Wildman–Crippen LogP) is 4.98. The molecule has 0 radical (unpaired) electrons. The Morgan fingerprint density at radius 1 is 1.12 bits per heavy atom. The third-order valence-electron chi connectivity index (χ3n) is 4.71. The highest BCUT2D eigenvalue weighted by atomic mass is 35.5. The van der Waals surface area contributed by atoms with Crippen LogP contribution < -0.4 is 10.2 Å². The molecule has 1 N–H and O–H groups in total. The number of hydrogen-bond acceptors (Lipinski definition) is 6. The van der Waals surface area contributed by atoms with Crippen LogP contribution in [0.2, 0.25) is 5.02 Å². The van der Waals surface area contributed by atoms with Gasteiger partial charge >= 0.3 is 0 Å². The summed E-state index contributed by atoms with van der Waals surface area (Å²) in [4.78, 5) is 12.3. The summed E-state index contributed by atoms with van der Waals surface area (Å²) >= 11 is 7.16. The first-order chi connectivity index (χ1) is 16.6. The van der Waals surface area contributed by atoms with Crippen molar-refractivity contribution in [3.63, 3.8) is 0 Å². The first-order valence-electron chi connectivity index (χ1n) is 10.1. The van der Waals surface area contributed by atoms with Crippen LogP contribution in [0.15, 0.2) is 83.1 Å². The maximum Gasteiger partial charge on any atom is 0.250 e. The zero-order valence-corrected chi connectivity index (χ0v) is 19.6. The molecule has 0 saturated heterocycles. The van der Waals surface area contributed by atoms with Crippen LogP contribution in [0.25, 0.3) is 17.1 Å². The largest absolute Gasteiger partial charge is 0.497 e. The average Bonchev–Trinajstić information content (AvgIpc) is 3.29. The van der Waals surface area contributed by atoms with Gasteiger partial charge < -0.3 is 4.74 Å². The van der Waals surface area contributed by atoms with Gasteiger partial charge in [-0.25, -0.2) is 9.82 Å². The smallest absolute Gasteiger partial charge is 0.250 e. The Kier molecular flexibility index (Phi) is 7.56. The van der Waals surface area contributed by atoms with E-state index in [-0.39, 0.29) is 22.2 Å². The second kappa shape index (κ2) is 11.0. The minimum absolute atomic E-state index is 0.0193. The monoisotopic (exact) mass is 495 g/mol. The number of nitrogens with zero attached hydrogens (tertiary/aromatic N) is 4. The molecule has 0 bridgehead atoms. The molecule has 0 spiro atoms. The predicted molar refractivity (Wildman–Crippen MR) is 131 cm³/mol. The molecule has 0 aliphatic heterocycles. The Morgan fingerprint density at radius 3 is 2.59 bits per heavy atom. The summed E-state index contributed by atoms with van der Waals surface area (Å²) in [5.74, 6) is 0.464. The normalized spacial score (nSPS) is 11.0. The summed E-state index contributed by atoms with van der Waals surface area (Å²) < 4.78 is 20.9. The second-order valence-electron chi connectivity index (χ2n) is 6.92. The molecule has 7 nitrogen and oxygen atoms in total. The highest BCUT2D eigenvalue weighted by Gasteiger charge is 2.17. The van der Waals surface area contributed by atoms with E-state index in [9.17, 15) is 9.18 Å².